The van der Waals surface area contributed by atoms with Gasteiger partial charge in [0.05, 0.1) is 0 Å². The number of aryl methyl sites for hydroxylation is 2. The Morgan fingerprint density at radius 3 is 2.12 bits per heavy atom. The molecule has 2 aromatic carbocycles. The first-order valence-corrected chi connectivity index (χ1v) is 5.46. The molecule has 0 bridgehead atoms. The van der Waals surface area contributed by atoms with Gasteiger partial charge in [0, 0.05) is 0 Å². The number of fused-ring (bicyclic) bond motifs is 1. The first-order valence-electron chi connectivity index (χ1n) is 5.46. The number of allylic oxidation sites excluding steroid dienone is 1. The summed E-state index contributed by atoms with van der Waals surface area (Å²) in [4.78, 5) is 0. The Labute approximate surface area is 96.2 Å². The van der Waals surface area contributed by atoms with Crippen molar-refractivity contribution < 1.29 is 0 Å². The Hall–Kier alpha value is -1.82. The summed E-state index contributed by atoms with van der Waals surface area (Å²) in [5.74, 6) is 0. The van der Waals surface area contributed by atoms with E-state index in [1.807, 2.05) is 12.2 Å². The van der Waals surface area contributed by atoms with Gasteiger partial charge in [0.2, 0.25) is 0 Å². The van der Waals surface area contributed by atoms with Gasteiger partial charge in [-0.15, -0.1) is 0 Å². The Balaban J connectivity index is 3.13. The molecule has 0 atom stereocenters. The molecule has 0 aliphatic heterocycles. The molecular formula is C16H16. The highest BCUT2D eigenvalue weighted by Crippen LogP contribution is 2.16. The molecule has 0 heterocycles. The highest BCUT2D eigenvalue weighted by molar-refractivity contribution is 5.89. The molecule has 0 radical (unpaired) electrons. The molecule has 0 nitrogen and oxygen atoms in total. The molecule has 0 fully saturated rings. The summed E-state index contributed by atoms with van der Waals surface area (Å²) < 4.78 is 0. The van der Waals surface area contributed by atoms with Gasteiger partial charge in [-0.25, -0.2) is 0 Å². The van der Waals surface area contributed by atoms with Crippen LogP contribution < -0.4 is 10.4 Å². The zero-order valence-corrected chi connectivity index (χ0v) is 9.88. The minimum Gasteiger partial charge on any atom is -0.0990 e. The summed E-state index contributed by atoms with van der Waals surface area (Å²) in [7, 11) is 0. The average Bonchev–Trinajstić information content (AvgIpc) is 2.32. The molecule has 16 heavy (non-hydrogen) atoms. The summed E-state index contributed by atoms with van der Waals surface area (Å²) in [6.45, 7) is 12.2. The molecule has 0 aliphatic carbocycles. The molecule has 2 rings (SSSR count). The fourth-order valence-corrected chi connectivity index (χ4v) is 2.22. The number of hydrogen-bond acceptors (Lipinski definition) is 0. The van der Waals surface area contributed by atoms with Crippen LogP contribution in [-0.2, 0) is 0 Å². The second-order valence-electron chi connectivity index (χ2n) is 4.09. The van der Waals surface area contributed by atoms with Gasteiger partial charge in [0.1, 0.15) is 0 Å². The summed E-state index contributed by atoms with van der Waals surface area (Å²) in [6, 6.07) is 8.47. The third-order valence-corrected chi connectivity index (χ3v) is 3.20. The van der Waals surface area contributed by atoms with E-state index in [1.165, 1.54) is 27.1 Å². The van der Waals surface area contributed by atoms with Crippen molar-refractivity contribution in [2.24, 2.45) is 0 Å². The molecule has 0 N–H and O–H groups in total. The van der Waals surface area contributed by atoms with E-state index in [0.717, 1.165) is 5.22 Å². The molecule has 0 heteroatoms. The molecular weight excluding hydrogens is 192 g/mol. The van der Waals surface area contributed by atoms with Crippen LogP contribution in [0.25, 0.3) is 23.4 Å². The third-order valence-electron chi connectivity index (χ3n) is 3.20. The van der Waals surface area contributed by atoms with Crippen molar-refractivity contribution in [2.75, 3.05) is 0 Å². The first kappa shape index (κ1) is 10.7. The molecule has 80 valence electrons. The van der Waals surface area contributed by atoms with Gasteiger partial charge in [-0.1, -0.05) is 49.6 Å². The lowest BCUT2D eigenvalue weighted by molar-refractivity contribution is 1.36. The topological polar surface area (TPSA) is 0 Å². The Morgan fingerprint density at radius 2 is 1.56 bits per heavy atom. The van der Waals surface area contributed by atoms with Crippen molar-refractivity contribution in [3.05, 3.63) is 58.5 Å². The maximum atomic E-state index is 4.17. The minimum absolute atomic E-state index is 1.11. The highest BCUT2D eigenvalue weighted by atomic mass is 14.1. The number of rotatable bonds is 1. The van der Waals surface area contributed by atoms with Crippen molar-refractivity contribution >= 4 is 23.4 Å². The van der Waals surface area contributed by atoms with Crippen LogP contribution in [0.3, 0.4) is 0 Å². The van der Waals surface area contributed by atoms with E-state index < -0.39 is 0 Å². The summed E-state index contributed by atoms with van der Waals surface area (Å²) in [5.41, 5.74) is 2.54. The van der Waals surface area contributed by atoms with Crippen LogP contribution in [0.2, 0.25) is 0 Å². The summed E-state index contributed by atoms with van der Waals surface area (Å²) >= 11 is 0. The van der Waals surface area contributed by atoms with Crippen LogP contribution in [0.4, 0.5) is 0 Å². The monoisotopic (exact) mass is 208 g/mol. The normalized spacial score (nSPS) is 12.0. The maximum Gasteiger partial charge on any atom is -0.0146 e. The second kappa shape index (κ2) is 3.97. The van der Waals surface area contributed by atoms with Crippen LogP contribution in [0, 0.1) is 13.8 Å². The zero-order valence-electron chi connectivity index (χ0n) is 9.88. The van der Waals surface area contributed by atoms with Gasteiger partial charge < -0.3 is 0 Å². The van der Waals surface area contributed by atoms with Crippen molar-refractivity contribution in [1.82, 2.24) is 0 Å². The van der Waals surface area contributed by atoms with Gasteiger partial charge in [-0.05, 0) is 46.2 Å². The molecule has 0 aromatic heterocycles. The summed E-state index contributed by atoms with van der Waals surface area (Å²) in [6.07, 6.45) is 3.86. The fraction of sp³-hybridized carbons (Fsp3) is 0.125. The SMILES string of the molecule is C=C/C=c1/c(C)c2ccccc2c(C)c1=C. The number of benzene rings is 2. The van der Waals surface area contributed by atoms with E-state index in [9.17, 15) is 0 Å². The molecule has 0 amide bonds. The van der Waals surface area contributed by atoms with E-state index >= 15 is 0 Å². The lowest BCUT2D eigenvalue weighted by atomic mass is 9.97. The maximum absolute atomic E-state index is 4.17. The van der Waals surface area contributed by atoms with Gasteiger partial charge in [-0.3, -0.25) is 0 Å². The second-order valence-corrected chi connectivity index (χ2v) is 4.09. The lowest BCUT2D eigenvalue weighted by Crippen LogP contribution is -2.28. The van der Waals surface area contributed by atoms with E-state index in [4.69, 9.17) is 0 Å². The Morgan fingerprint density at radius 1 is 1.00 bits per heavy atom. The molecule has 0 unspecified atom stereocenters. The molecule has 2 aromatic rings. The molecule has 0 saturated carbocycles. The van der Waals surface area contributed by atoms with Gasteiger partial charge in [0.25, 0.3) is 0 Å². The van der Waals surface area contributed by atoms with Crippen LogP contribution in [0.1, 0.15) is 11.1 Å². The van der Waals surface area contributed by atoms with E-state index in [2.05, 4.69) is 51.3 Å². The predicted molar refractivity (Wildman–Crippen MR) is 72.9 cm³/mol. The van der Waals surface area contributed by atoms with E-state index in [-0.39, 0.29) is 0 Å². The smallest absolute Gasteiger partial charge is 0.0146 e. The third kappa shape index (κ3) is 1.47. The van der Waals surface area contributed by atoms with Gasteiger partial charge in [-0.2, -0.15) is 0 Å². The van der Waals surface area contributed by atoms with E-state index in [0.29, 0.717) is 0 Å². The summed E-state index contributed by atoms with van der Waals surface area (Å²) in [5, 5.41) is 4.91. The van der Waals surface area contributed by atoms with Crippen molar-refractivity contribution in [2.45, 2.75) is 13.8 Å². The highest BCUT2D eigenvalue weighted by Gasteiger charge is 2.03. The molecule has 0 spiro atoms. The molecule has 0 saturated heterocycles. The van der Waals surface area contributed by atoms with Crippen LogP contribution >= 0.6 is 0 Å². The lowest BCUT2D eigenvalue weighted by Gasteiger charge is -2.08. The van der Waals surface area contributed by atoms with Crippen LogP contribution in [0.5, 0.6) is 0 Å². The predicted octanol–water partition coefficient (Wildman–Crippen LogP) is 2.83. The Bertz CT molecular complexity index is 660. The van der Waals surface area contributed by atoms with Crippen molar-refractivity contribution in [3.63, 3.8) is 0 Å². The first-order chi connectivity index (χ1) is 7.66. The largest absolute Gasteiger partial charge is 0.0990 e. The van der Waals surface area contributed by atoms with Gasteiger partial charge >= 0.3 is 0 Å². The zero-order chi connectivity index (χ0) is 11.7. The van der Waals surface area contributed by atoms with Crippen LogP contribution in [-0.4, -0.2) is 0 Å². The Kier molecular flexibility index (Phi) is 2.66. The minimum atomic E-state index is 1.11. The fourth-order valence-electron chi connectivity index (χ4n) is 2.22. The van der Waals surface area contributed by atoms with Gasteiger partial charge in [0.15, 0.2) is 0 Å². The average molecular weight is 208 g/mol. The van der Waals surface area contributed by atoms with Crippen molar-refractivity contribution in [3.8, 4) is 0 Å². The molecule has 0 aliphatic rings. The van der Waals surface area contributed by atoms with Crippen molar-refractivity contribution in [1.29, 1.82) is 0 Å². The van der Waals surface area contributed by atoms with E-state index in [1.54, 1.807) is 0 Å². The number of hydrogen-bond donors (Lipinski definition) is 0. The quantitative estimate of drug-likeness (QED) is 0.676. The standard InChI is InChI=1S/C16H16/c1-5-8-14-11(2)12(3)15-9-6-7-10-16(15)13(14)4/h5-10H,1-2H2,3-4H3/b14-8+. The van der Waals surface area contributed by atoms with Crippen LogP contribution in [0.15, 0.2) is 36.9 Å².